The molecule has 4 nitrogen and oxygen atoms in total. The largest absolute Gasteiger partial charge is 0.373 e. The van der Waals surface area contributed by atoms with Gasteiger partial charge in [0.15, 0.2) is 0 Å². The highest BCUT2D eigenvalue weighted by Gasteiger charge is 2.23. The zero-order valence-electron chi connectivity index (χ0n) is 22.9. The number of ether oxygens (including phenoxy) is 1. The van der Waals surface area contributed by atoms with Crippen molar-refractivity contribution in [2.75, 3.05) is 39.3 Å². The van der Waals surface area contributed by atoms with Crippen LogP contribution >= 0.6 is 0 Å². The van der Waals surface area contributed by atoms with Gasteiger partial charge in [-0.25, -0.2) is 0 Å². The van der Waals surface area contributed by atoms with Crippen LogP contribution in [-0.4, -0.2) is 84.3 Å². The van der Waals surface area contributed by atoms with Crippen LogP contribution in [0.4, 0.5) is 0 Å². The van der Waals surface area contributed by atoms with Crippen LogP contribution in [0.15, 0.2) is 0 Å². The van der Waals surface area contributed by atoms with Gasteiger partial charge in [0.05, 0.1) is 12.2 Å². The molecule has 3 fully saturated rings. The van der Waals surface area contributed by atoms with Gasteiger partial charge < -0.3 is 14.5 Å². The fourth-order valence-corrected chi connectivity index (χ4v) is 5.03. The fraction of sp³-hybridized carbons (Fsp3) is 1.00. The minimum atomic E-state index is 0.404. The second-order valence-corrected chi connectivity index (χ2v) is 11.5. The van der Waals surface area contributed by atoms with Crippen molar-refractivity contribution in [3.8, 4) is 0 Å². The van der Waals surface area contributed by atoms with Gasteiger partial charge in [-0.15, -0.1) is 0 Å². The lowest BCUT2D eigenvalue weighted by Crippen LogP contribution is -2.48. The Bertz CT molecular complexity index is 418. The molecule has 3 heterocycles. The summed E-state index contributed by atoms with van der Waals surface area (Å²) in [6.07, 6.45) is 6.48. The molecule has 3 saturated heterocycles. The summed E-state index contributed by atoms with van der Waals surface area (Å²) < 4.78 is 5.62. The van der Waals surface area contributed by atoms with Gasteiger partial charge in [-0.3, -0.25) is 4.90 Å². The van der Waals surface area contributed by atoms with Crippen LogP contribution in [0.1, 0.15) is 94.9 Å². The molecule has 186 valence electrons. The molecule has 0 aromatic heterocycles. The van der Waals surface area contributed by atoms with E-state index in [4.69, 9.17) is 4.74 Å². The monoisotopic (exact) mass is 439 g/mol. The molecule has 3 aliphatic rings. The van der Waals surface area contributed by atoms with Crippen molar-refractivity contribution < 1.29 is 4.74 Å². The molecule has 31 heavy (non-hydrogen) atoms. The van der Waals surface area contributed by atoms with Gasteiger partial charge in [0.2, 0.25) is 0 Å². The van der Waals surface area contributed by atoms with Crippen molar-refractivity contribution in [3.63, 3.8) is 0 Å². The molecule has 0 N–H and O–H groups in total. The quantitative estimate of drug-likeness (QED) is 0.556. The average molecular weight is 440 g/mol. The fourth-order valence-electron chi connectivity index (χ4n) is 5.03. The van der Waals surface area contributed by atoms with Crippen molar-refractivity contribution in [2.45, 2.75) is 125 Å². The lowest BCUT2D eigenvalue weighted by Gasteiger charge is -2.37. The van der Waals surface area contributed by atoms with E-state index in [1.807, 2.05) is 0 Å². The highest BCUT2D eigenvalue weighted by Crippen LogP contribution is 2.18. The van der Waals surface area contributed by atoms with Crippen molar-refractivity contribution in [3.05, 3.63) is 0 Å². The highest BCUT2D eigenvalue weighted by atomic mass is 16.5. The van der Waals surface area contributed by atoms with E-state index < -0.39 is 0 Å². The summed E-state index contributed by atoms with van der Waals surface area (Å²) in [5, 5.41) is 0. The first-order chi connectivity index (χ1) is 14.5. The van der Waals surface area contributed by atoms with Gasteiger partial charge in [-0.2, -0.15) is 0 Å². The third-order valence-electron chi connectivity index (χ3n) is 7.02. The molecule has 3 aliphatic heterocycles. The van der Waals surface area contributed by atoms with E-state index in [1.165, 1.54) is 51.9 Å². The molecule has 4 unspecified atom stereocenters. The molecule has 0 amide bonds. The number of likely N-dealkylation sites (tertiary alicyclic amines) is 2. The lowest BCUT2D eigenvalue weighted by atomic mass is 9.99. The van der Waals surface area contributed by atoms with Crippen LogP contribution in [-0.2, 0) is 4.74 Å². The van der Waals surface area contributed by atoms with Gasteiger partial charge >= 0.3 is 0 Å². The molecular weight excluding hydrogens is 382 g/mol. The van der Waals surface area contributed by atoms with Gasteiger partial charge in [0, 0.05) is 44.3 Å². The Morgan fingerprint density at radius 1 is 0.548 bits per heavy atom. The van der Waals surface area contributed by atoms with Crippen LogP contribution in [0.2, 0.25) is 0 Å². The first kappa shape index (κ1) is 28.9. The molecule has 0 bridgehead atoms. The molecule has 4 atom stereocenters. The highest BCUT2D eigenvalue weighted by molar-refractivity contribution is 4.75. The van der Waals surface area contributed by atoms with Crippen LogP contribution in [0.3, 0.4) is 0 Å². The standard InChI is InChI=1S/C9H19NO.2C9H19N/c1-7(2)10-5-8(3)11-9(4)6-10;2*1-8(2)10-6-4-5-9(3)7-10/h7-9H,5-6H2,1-4H3;2*8-9H,4-7H2,1-3H3. The van der Waals surface area contributed by atoms with E-state index in [-0.39, 0.29) is 0 Å². The van der Waals surface area contributed by atoms with Crippen molar-refractivity contribution in [2.24, 2.45) is 11.8 Å². The summed E-state index contributed by atoms with van der Waals surface area (Å²) in [4.78, 5) is 7.63. The Labute approximate surface area is 196 Å². The molecule has 0 radical (unpaired) electrons. The Kier molecular flexibility index (Phi) is 13.9. The van der Waals surface area contributed by atoms with Crippen LogP contribution in [0, 0.1) is 11.8 Å². The molecule has 0 saturated carbocycles. The lowest BCUT2D eigenvalue weighted by molar-refractivity contribution is -0.0764. The molecule has 0 aromatic rings. The summed E-state index contributed by atoms with van der Waals surface area (Å²) >= 11 is 0. The summed E-state index contributed by atoms with van der Waals surface area (Å²) in [6, 6.07) is 2.16. The van der Waals surface area contributed by atoms with E-state index in [2.05, 4.69) is 83.9 Å². The summed E-state index contributed by atoms with van der Waals surface area (Å²) in [7, 11) is 0. The minimum Gasteiger partial charge on any atom is -0.373 e. The SMILES string of the molecule is CC1CCCN(C(C)C)C1.CC1CCCN(C(C)C)C1.CC1CN(C(C)C)CC(C)O1. The molecule has 3 rings (SSSR count). The van der Waals surface area contributed by atoms with Crippen molar-refractivity contribution >= 4 is 0 Å². The number of hydrogen-bond acceptors (Lipinski definition) is 4. The van der Waals surface area contributed by atoms with Crippen molar-refractivity contribution in [1.82, 2.24) is 14.7 Å². The van der Waals surface area contributed by atoms with Gasteiger partial charge in [0.25, 0.3) is 0 Å². The Hall–Kier alpha value is -0.160. The maximum atomic E-state index is 5.62. The zero-order chi connectivity index (χ0) is 23.6. The normalized spacial score (nSPS) is 31.3. The van der Waals surface area contributed by atoms with E-state index in [0.717, 1.165) is 37.0 Å². The summed E-state index contributed by atoms with van der Waals surface area (Å²) in [6.45, 7) is 30.1. The third kappa shape index (κ3) is 12.0. The Morgan fingerprint density at radius 3 is 1.16 bits per heavy atom. The van der Waals surface area contributed by atoms with Crippen LogP contribution in [0.5, 0.6) is 0 Å². The van der Waals surface area contributed by atoms with E-state index in [0.29, 0.717) is 18.2 Å². The predicted octanol–water partition coefficient (Wildman–Crippen LogP) is 5.76. The number of morpholine rings is 1. The summed E-state index contributed by atoms with van der Waals surface area (Å²) in [5.74, 6) is 1.85. The molecule has 0 aliphatic carbocycles. The number of rotatable bonds is 3. The first-order valence-corrected chi connectivity index (χ1v) is 13.4. The maximum absolute atomic E-state index is 5.62. The average Bonchev–Trinajstić information content (AvgIpc) is 2.68. The summed E-state index contributed by atoms with van der Waals surface area (Å²) in [5.41, 5.74) is 0. The topological polar surface area (TPSA) is 19.0 Å². The van der Waals surface area contributed by atoms with Gasteiger partial charge in [0.1, 0.15) is 0 Å². The first-order valence-electron chi connectivity index (χ1n) is 13.4. The van der Waals surface area contributed by atoms with E-state index >= 15 is 0 Å². The molecule has 0 aromatic carbocycles. The van der Waals surface area contributed by atoms with Gasteiger partial charge in [-0.05, 0) is 106 Å². The third-order valence-corrected chi connectivity index (χ3v) is 7.02. The number of hydrogen-bond donors (Lipinski definition) is 0. The smallest absolute Gasteiger partial charge is 0.0678 e. The zero-order valence-corrected chi connectivity index (χ0v) is 22.9. The van der Waals surface area contributed by atoms with E-state index in [1.54, 1.807) is 0 Å². The molecule has 0 spiro atoms. The minimum absolute atomic E-state index is 0.404. The second kappa shape index (κ2) is 14.9. The van der Waals surface area contributed by atoms with Crippen LogP contribution in [0.25, 0.3) is 0 Å². The van der Waals surface area contributed by atoms with Crippen LogP contribution < -0.4 is 0 Å². The Morgan fingerprint density at radius 2 is 0.903 bits per heavy atom. The van der Waals surface area contributed by atoms with E-state index in [9.17, 15) is 0 Å². The van der Waals surface area contributed by atoms with Gasteiger partial charge in [-0.1, -0.05) is 13.8 Å². The Balaban J connectivity index is 0.000000233. The second-order valence-electron chi connectivity index (χ2n) is 11.5. The maximum Gasteiger partial charge on any atom is 0.0678 e. The number of piperidine rings is 2. The molecular formula is C27H57N3O. The molecule has 4 heteroatoms. The predicted molar refractivity (Wildman–Crippen MR) is 137 cm³/mol. The number of nitrogens with zero attached hydrogens (tertiary/aromatic N) is 3. The van der Waals surface area contributed by atoms with Crippen molar-refractivity contribution in [1.29, 1.82) is 0 Å².